The third-order valence-electron chi connectivity index (χ3n) is 4.33. The summed E-state index contributed by atoms with van der Waals surface area (Å²) in [6.45, 7) is 1.20. The number of hydrogen-bond acceptors (Lipinski definition) is 5. The van der Waals surface area contributed by atoms with Crippen LogP contribution in [0.15, 0.2) is 15.8 Å². The molecule has 3 atom stereocenters. The number of rotatable bonds is 8. The molecule has 1 aliphatic heterocycles. The molecule has 1 aromatic heterocycles. The van der Waals surface area contributed by atoms with Crippen LogP contribution in [0, 0.1) is 6.92 Å². The molecule has 0 amide bonds. The molecule has 1 saturated heterocycles. The fraction of sp³-hybridized carbons (Fsp3) is 0.750. The first-order chi connectivity index (χ1) is 11.5. The van der Waals surface area contributed by atoms with E-state index in [1.54, 1.807) is 6.92 Å². The van der Waals surface area contributed by atoms with Crippen LogP contribution in [0.1, 0.15) is 43.9 Å². The molecule has 2 rings (SSSR count). The van der Waals surface area contributed by atoms with E-state index in [9.17, 15) is 19.1 Å². The van der Waals surface area contributed by atoms with E-state index in [1.807, 2.05) is 0 Å². The normalized spacial score (nSPS) is 23.8. The van der Waals surface area contributed by atoms with Gasteiger partial charge in [0.1, 0.15) is 12.3 Å². The van der Waals surface area contributed by atoms with Crippen LogP contribution in [0.5, 0.6) is 0 Å². The Morgan fingerprint density at radius 1 is 1.29 bits per heavy atom. The van der Waals surface area contributed by atoms with E-state index in [1.165, 1.54) is 10.8 Å². The fourth-order valence-electron chi connectivity index (χ4n) is 2.93. The molecule has 0 unspecified atom stereocenters. The van der Waals surface area contributed by atoms with Gasteiger partial charge < -0.3 is 14.9 Å². The molecule has 2 N–H and O–H groups in total. The van der Waals surface area contributed by atoms with E-state index in [2.05, 4.69) is 0 Å². The Balaban J connectivity index is 2.19. The van der Waals surface area contributed by atoms with Crippen molar-refractivity contribution in [2.45, 2.75) is 64.0 Å². The van der Waals surface area contributed by atoms with E-state index in [4.69, 9.17) is 9.84 Å². The van der Waals surface area contributed by atoms with Crippen molar-refractivity contribution in [3.63, 3.8) is 0 Å². The van der Waals surface area contributed by atoms with Crippen LogP contribution in [0.2, 0.25) is 0 Å². The molecule has 8 heteroatoms. The predicted molar refractivity (Wildman–Crippen MR) is 85.8 cm³/mol. The lowest BCUT2D eigenvalue weighted by atomic mass is 10.2. The highest BCUT2D eigenvalue weighted by Gasteiger charge is 2.35. The first-order valence-electron chi connectivity index (χ1n) is 8.32. The van der Waals surface area contributed by atoms with Crippen LogP contribution >= 0.6 is 0 Å². The lowest BCUT2D eigenvalue weighted by molar-refractivity contribution is -0.0464. The maximum Gasteiger partial charge on any atom is 0.333 e. The Labute approximate surface area is 139 Å². The summed E-state index contributed by atoms with van der Waals surface area (Å²) in [6.07, 6.45) is 1.89. The Morgan fingerprint density at radius 2 is 2.00 bits per heavy atom. The zero-order chi connectivity index (χ0) is 17.7. The van der Waals surface area contributed by atoms with Gasteiger partial charge in [-0.05, 0) is 19.8 Å². The van der Waals surface area contributed by atoms with E-state index >= 15 is 0 Å². The number of aromatic nitrogens is 2. The highest BCUT2D eigenvalue weighted by Crippen LogP contribution is 2.27. The molecule has 1 fully saturated rings. The van der Waals surface area contributed by atoms with Gasteiger partial charge in [-0.15, -0.1) is 0 Å². The summed E-state index contributed by atoms with van der Waals surface area (Å²) in [5, 5.41) is 19.0. The summed E-state index contributed by atoms with van der Waals surface area (Å²) in [7, 11) is 0. The fourth-order valence-corrected chi connectivity index (χ4v) is 2.93. The zero-order valence-corrected chi connectivity index (χ0v) is 13.9. The van der Waals surface area contributed by atoms with Gasteiger partial charge in [-0.25, -0.2) is 4.79 Å². The number of aliphatic hydroxyl groups excluding tert-OH is 2. The minimum Gasteiger partial charge on any atom is -0.394 e. The molecule has 1 aliphatic rings. The van der Waals surface area contributed by atoms with Crippen LogP contribution in [0.3, 0.4) is 0 Å². The second-order valence-corrected chi connectivity index (χ2v) is 6.18. The molecule has 2 heterocycles. The number of aryl methyl sites for hydroxylation is 1. The van der Waals surface area contributed by atoms with Gasteiger partial charge in [-0.1, -0.05) is 12.8 Å². The van der Waals surface area contributed by atoms with Crippen molar-refractivity contribution >= 4 is 0 Å². The quantitative estimate of drug-likeness (QED) is 0.670. The van der Waals surface area contributed by atoms with Gasteiger partial charge in [0.2, 0.25) is 0 Å². The molecule has 0 radical (unpaired) electrons. The van der Waals surface area contributed by atoms with Crippen molar-refractivity contribution in [1.82, 2.24) is 9.13 Å². The van der Waals surface area contributed by atoms with Crippen molar-refractivity contribution in [3.8, 4) is 0 Å². The number of nitrogens with zero attached hydrogens (tertiary/aromatic N) is 2. The van der Waals surface area contributed by atoms with E-state index in [0.29, 0.717) is 18.4 Å². The van der Waals surface area contributed by atoms with Gasteiger partial charge in [-0.3, -0.25) is 18.3 Å². The lowest BCUT2D eigenvalue weighted by Gasteiger charge is -2.17. The summed E-state index contributed by atoms with van der Waals surface area (Å²) in [5.74, 6) is 0. The average molecular weight is 344 g/mol. The second-order valence-electron chi connectivity index (χ2n) is 6.18. The van der Waals surface area contributed by atoms with Gasteiger partial charge in [0, 0.05) is 24.7 Å². The molecule has 24 heavy (non-hydrogen) atoms. The summed E-state index contributed by atoms with van der Waals surface area (Å²) in [6, 6.07) is 0. The highest BCUT2D eigenvalue weighted by molar-refractivity contribution is 5.04. The molecule has 1 aromatic rings. The van der Waals surface area contributed by atoms with Crippen LogP contribution in [-0.4, -0.2) is 44.8 Å². The number of halogens is 1. The molecular weight excluding hydrogens is 319 g/mol. The van der Waals surface area contributed by atoms with E-state index in [-0.39, 0.29) is 31.8 Å². The average Bonchev–Trinajstić information content (AvgIpc) is 2.94. The van der Waals surface area contributed by atoms with Crippen molar-refractivity contribution in [2.75, 3.05) is 13.3 Å². The minimum absolute atomic E-state index is 0.180. The Kier molecular flexibility index (Phi) is 6.70. The number of alkyl halides is 1. The summed E-state index contributed by atoms with van der Waals surface area (Å²) >= 11 is 0. The first-order valence-corrected chi connectivity index (χ1v) is 8.32. The summed E-state index contributed by atoms with van der Waals surface area (Å²) in [5.41, 5.74) is -0.435. The SMILES string of the molecule is Cc1cn([C@H]2C[C@H](O)[C@@H](CO)O2)c(=O)n(CCCCCC[19F])c1=O. The molecule has 0 spiro atoms. The van der Waals surface area contributed by atoms with Gasteiger partial charge in [0.25, 0.3) is 5.56 Å². The Bertz CT molecular complexity index is 657. The van der Waals surface area contributed by atoms with Crippen LogP contribution in [0.4, 0.5) is 4.39 Å². The summed E-state index contributed by atoms with van der Waals surface area (Å²) < 4.78 is 20.0. The number of aliphatic hydroxyl groups is 2. The molecule has 0 saturated carbocycles. The van der Waals surface area contributed by atoms with Gasteiger partial charge >= 0.3 is 5.69 Å². The lowest BCUT2D eigenvalue weighted by Crippen LogP contribution is -2.42. The zero-order valence-electron chi connectivity index (χ0n) is 13.9. The second kappa shape index (κ2) is 8.55. The van der Waals surface area contributed by atoms with Gasteiger partial charge in [0.15, 0.2) is 0 Å². The Morgan fingerprint density at radius 3 is 2.62 bits per heavy atom. The number of unbranched alkanes of at least 4 members (excludes halogenated alkanes) is 3. The predicted octanol–water partition coefficient (Wildman–Crippen LogP) is 0.489. The van der Waals surface area contributed by atoms with Crippen LogP contribution in [-0.2, 0) is 11.3 Å². The standard InChI is InChI=1S/C16H25FN2O5/c1-11-9-19(14-8-12(21)13(10-20)24-14)16(23)18(15(11)22)7-5-3-2-4-6-17/h9,12-14,20-21H,2-8,10H2,1H3/t12-,13+,14+/m0/s1/i17+0. The smallest absolute Gasteiger partial charge is 0.333 e. The van der Waals surface area contributed by atoms with Crippen molar-refractivity contribution in [2.24, 2.45) is 0 Å². The van der Waals surface area contributed by atoms with Crippen molar-refractivity contribution < 1.29 is 19.3 Å². The first kappa shape index (κ1) is 18.8. The van der Waals surface area contributed by atoms with Crippen LogP contribution < -0.4 is 11.2 Å². The largest absolute Gasteiger partial charge is 0.394 e. The minimum atomic E-state index is -0.853. The molecule has 136 valence electrons. The van der Waals surface area contributed by atoms with Crippen LogP contribution in [0.25, 0.3) is 0 Å². The van der Waals surface area contributed by atoms with Gasteiger partial charge in [0.05, 0.1) is 19.4 Å². The maximum atomic E-state index is 12.6. The number of hydrogen-bond donors (Lipinski definition) is 2. The van der Waals surface area contributed by atoms with Gasteiger partial charge in [-0.2, -0.15) is 0 Å². The van der Waals surface area contributed by atoms with E-state index in [0.717, 1.165) is 17.4 Å². The van der Waals surface area contributed by atoms with Crippen molar-refractivity contribution in [1.29, 1.82) is 0 Å². The maximum absolute atomic E-state index is 12.6. The Hall–Kier alpha value is -1.51. The van der Waals surface area contributed by atoms with E-state index < -0.39 is 24.1 Å². The van der Waals surface area contributed by atoms with Crippen molar-refractivity contribution in [3.05, 3.63) is 32.6 Å². The molecule has 7 nitrogen and oxygen atoms in total. The molecular formula is C16H25FN2O5. The molecule has 0 aliphatic carbocycles. The molecule has 0 bridgehead atoms. The summed E-state index contributed by atoms with van der Waals surface area (Å²) in [4.78, 5) is 24.8. The third kappa shape index (κ3) is 4.12. The third-order valence-corrected chi connectivity index (χ3v) is 4.33. The molecule has 0 aromatic carbocycles. The highest BCUT2D eigenvalue weighted by atomic mass is 19.1. The monoisotopic (exact) mass is 344 g/mol. The number of ether oxygens (including phenoxy) is 1. The topological polar surface area (TPSA) is 93.7 Å².